The second-order valence-corrected chi connectivity index (χ2v) is 3.84. The molecule has 1 heterocycles. The maximum Gasteiger partial charge on any atom is 0.0700 e. The first-order valence-electron chi connectivity index (χ1n) is 5.08. The number of ether oxygens (including phenoxy) is 2. The number of nitrogens with zero attached hydrogens (tertiary/aromatic N) is 1. The van der Waals surface area contributed by atoms with Gasteiger partial charge in [-0.25, -0.2) is 0 Å². The fourth-order valence-electron chi connectivity index (χ4n) is 1.80. The Morgan fingerprint density at radius 3 is 2.92 bits per heavy atom. The minimum absolute atomic E-state index is 0.711. The van der Waals surface area contributed by atoms with E-state index in [1.165, 1.54) is 25.9 Å². The van der Waals surface area contributed by atoms with Gasteiger partial charge in [0.15, 0.2) is 0 Å². The molecule has 0 aromatic carbocycles. The monoisotopic (exact) mass is 187 g/mol. The molecule has 0 aromatic rings. The lowest BCUT2D eigenvalue weighted by molar-refractivity contribution is 0.0347. The molecule has 3 heteroatoms. The number of hydrogen-bond acceptors (Lipinski definition) is 3. The molecule has 0 N–H and O–H groups in total. The van der Waals surface area contributed by atoms with Gasteiger partial charge >= 0.3 is 0 Å². The Morgan fingerprint density at radius 1 is 1.38 bits per heavy atom. The van der Waals surface area contributed by atoms with E-state index in [-0.39, 0.29) is 0 Å². The molecule has 1 fully saturated rings. The zero-order valence-electron chi connectivity index (χ0n) is 8.79. The smallest absolute Gasteiger partial charge is 0.0700 e. The van der Waals surface area contributed by atoms with Crippen molar-refractivity contribution < 1.29 is 9.47 Å². The highest BCUT2D eigenvalue weighted by Gasteiger charge is 2.16. The molecule has 1 unspecified atom stereocenters. The fourth-order valence-corrected chi connectivity index (χ4v) is 1.80. The maximum atomic E-state index is 5.51. The zero-order chi connectivity index (χ0) is 9.52. The van der Waals surface area contributed by atoms with E-state index in [1.807, 2.05) is 0 Å². The summed E-state index contributed by atoms with van der Waals surface area (Å²) >= 11 is 0. The van der Waals surface area contributed by atoms with Crippen LogP contribution >= 0.6 is 0 Å². The molecule has 78 valence electrons. The third-order valence-corrected chi connectivity index (χ3v) is 2.51. The van der Waals surface area contributed by atoms with E-state index in [1.54, 1.807) is 7.11 Å². The molecule has 3 nitrogen and oxygen atoms in total. The molecular weight excluding hydrogens is 166 g/mol. The van der Waals surface area contributed by atoms with Gasteiger partial charge in [-0.15, -0.1) is 0 Å². The Morgan fingerprint density at radius 2 is 2.23 bits per heavy atom. The standard InChI is InChI=1S/C10H21NO2/c1-11-5-3-4-10(8-11)9-13-7-6-12-2/h10H,3-9H2,1-2H3. The molecule has 0 bridgehead atoms. The van der Waals surface area contributed by atoms with Crippen molar-refractivity contribution in [2.75, 3.05) is 47.1 Å². The van der Waals surface area contributed by atoms with Crippen LogP contribution in [-0.4, -0.2) is 52.0 Å². The second-order valence-electron chi connectivity index (χ2n) is 3.84. The summed E-state index contributed by atoms with van der Waals surface area (Å²) in [5.41, 5.74) is 0. The van der Waals surface area contributed by atoms with Crippen molar-refractivity contribution in [3.8, 4) is 0 Å². The molecule has 1 atom stereocenters. The lowest BCUT2D eigenvalue weighted by Gasteiger charge is -2.29. The SMILES string of the molecule is COCCOCC1CCCN(C)C1. The molecule has 1 aliphatic heterocycles. The average Bonchev–Trinajstić information content (AvgIpc) is 2.13. The highest BCUT2D eigenvalue weighted by Crippen LogP contribution is 2.14. The molecule has 0 aromatic heterocycles. The molecule has 1 rings (SSSR count). The van der Waals surface area contributed by atoms with Gasteiger partial charge in [-0.1, -0.05) is 0 Å². The summed E-state index contributed by atoms with van der Waals surface area (Å²) in [4.78, 5) is 2.38. The summed E-state index contributed by atoms with van der Waals surface area (Å²) in [5.74, 6) is 0.732. The molecule has 13 heavy (non-hydrogen) atoms. The quantitative estimate of drug-likeness (QED) is 0.599. The summed E-state index contributed by atoms with van der Waals surface area (Å²) in [6.07, 6.45) is 2.63. The van der Waals surface area contributed by atoms with E-state index < -0.39 is 0 Å². The van der Waals surface area contributed by atoms with Gasteiger partial charge in [-0.05, 0) is 32.4 Å². The van der Waals surface area contributed by atoms with Crippen molar-refractivity contribution in [3.05, 3.63) is 0 Å². The lowest BCUT2D eigenvalue weighted by atomic mass is 10.00. The van der Waals surface area contributed by atoms with Gasteiger partial charge in [-0.2, -0.15) is 0 Å². The van der Waals surface area contributed by atoms with Crippen LogP contribution in [0.1, 0.15) is 12.8 Å². The van der Waals surface area contributed by atoms with Gasteiger partial charge in [-0.3, -0.25) is 0 Å². The van der Waals surface area contributed by atoms with E-state index in [2.05, 4.69) is 11.9 Å². The Bertz CT molecular complexity index is 130. The van der Waals surface area contributed by atoms with Crippen LogP contribution in [0.15, 0.2) is 0 Å². The van der Waals surface area contributed by atoms with Crippen LogP contribution in [0.3, 0.4) is 0 Å². The van der Waals surface area contributed by atoms with E-state index >= 15 is 0 Å². The van der Waals surface area contributed by atoms with Crippen molar-refractivity contribution >= 4 is 0 Å². The maximum absolute atomic E-state index is 5.51. The van der Waals surface area contributed by atoms with Crippen molar-refractivity contribution in [1.29, 1.82) is 0 Å². The third-order valence-electron chi connectivity index (χ3n) is 2.51. The number of hydrogen-bond donors (Lipinski definition) is 0. The summed E-state index contributed by atoms with van der Waals surface area (Å²) in [6.45, 7) is 4.77. The molecule has 1 aliphatic rings. The van der Waals surface area contributed by atoms with E-state index in [0.29, 0.717) is 6.61 Å². The van der Waals surface area contributed by atoms with Crippen molar-refractivity contribution in [3.63, 3.8) is 0 Å². The zero-order valence-corrected chi connectivity index (χ0v) is 8.79. The Hall–Kier alpha value is -0.120. The fraction of sp³-hybridized carbons (Fsp3) is 1.00. The van der Waals surface area contributed by atoms with Crippen molar-refractivity contribution in [2.45, 2.75) is 12.8 Å². The first kappa shape index (κ1) is 11.0. The first-order chi connectivity index (χ1) is 6.33. The van der Waals surface area contributed by atoms with E-state index in [0.717, 1.165) is 19.1 Å². The number of methoxy groups -OCH3 is 1. The molecule has 0 aliphatic carbocycles. The second kappa shape index (κ2) is 6.35. The normalized spacial score (nSPS) is 24.9. The molecular formula is C10H21NO2. The summed E-state index contributed by atoms with van der Waals surface area (Å²) in [5, 5.41) is 0. The largest absolute Gasteiger partial charge is 0.382 e. The molecule has 1 saturated heterocycles. The molecule has 0 radical (unpaired) electrons. The van der Waals surface area contributed by atoms with Crippen LogP contribution in [0, 0.1) is 5.92 Å². The Kier molecular flexibility index (Phi) is 5.35. The number of rotatable bonds is 5. The van der Waals surface area contributed by atoms with Gasteiger partial charge < -0.3 is 14.4 Å². The van der Waals surface area contributed by atoms with Crippen molar-refractivity contribution in [1.82, 2.24) is 4.90 Å². The minimum Gasteiger partial charge on any atom is -0.382 e. The van der Waals surface area contributed by atoms with Crippen LogP contribution in [0.2, 0.25) is 0 Å². The summed E-state index contributed by atoms with van der Waals surface area (Å²) in [7, 11) is 3.89. The number of likely N-dealkylation sites (tertiary alicyclic amines) is 1. The van der Waals surface area contributed by atoms with E-state index in [9.17, 15) is 0 Å². The predicted octanol–water partition coefficient (Wildman–Crippen LogP) is 0.991. The minimum atomic E-state index is 0.711. The molecule has 0 saturated carbocycles. The van der Waals surface area contributed by atoms with Gasteiger partial charge in [0.2, 0.25) is 0 Å². The van der Waals surface area contributed by atoms with Crippen LogP contribution < -0.4 is 0 Å². The summed E-state index contributed by atoms with van der Waals surface area (Å²) in [6, 6.07) is 0. The highest BCUT2D eigenvalue weighted by molar-refractivity contribution is 4.69. The highest BCUT2D eigenvalue weighted by atomic mass is 16.5. The predicted molar refractivity (Wildman–Crippen MR) is 52.9 cm³/mol. The summed E-state index contributed by atoms with van der Waals surface area (Å²) < 4.78 is 10.4. The Labute approximate surface area is 81.0 Å². The van der Waals surface area contributed by atoms with Crippen LogP contribution in [0.25, 0.3) is 0 Å². The van der Waals surface area contributed by atoms with Crippen molar-refractivity contribution in [2.24, 2.45) is 5.92 Å². The molecule has 0 amide bonds. The van der Waals surface area contributed by atoms with Gasteiger partial charge in [0.1, 0.15) is 0 Å². The van der Waals surface area contributed by atoms with Crippen LogP contribution in [0.4, 0.5) is 0 Å². The third kappa shape index (κ3) is 4.60. The van der Waals surface area contributed by atoms with Crippen LogP contribution in [-0.2, 0) is 9.47 Å². The van der Waals surface area contributed by atoms with Gasteiger partial charge in [0.25, 0.3) is 0 Å². The Balaban J connectivity index is 2.00. The topological polar surface area (TPSA) is 21.7 Å². The average molecular weight is 187 g/mol. The van der Waals surface area contributed by atoms with E-state index in [4.69, 9.17) is 9.47 Å². The number of piperidine rings is 1. The first-order valence-corrected chi connectivity index (χ1v) is 5.08. The molecule has 0 spiro atoms. The van der Waals surface area contributed by atoms with Gasteiger partial charge in [0.05, 0.1) is 19.8 Å². The van der Waals surface area contributed by atoms with Gasteiger partial charge in [0, 0.05) is 13.7 Å². The lowest BCUT2D eigenvalue weighted by Crippen LogP contribution is -2.34. The van der Waals surface area contributed by atoms with Crippen LogP contribution in [0.5, 0.6) is 0 Å².